The van der Waals surface area contributed by atoms with Crippen LogP contribution in [0.5, 0.6) is 5.75 Å². The molecule has 0 heterocycles. The van der Waals surface area contributed by atoms with E-state index in [1.807, 2.05) is 24.3 Å². The summed E-state index contributed by atoms with van der Waals surface area (Å²) in [4.78, 5) is 13.5. The first-order valence-corrected chi connectivity index (χ1v) is 9.28. The van der Waals surface area contributed by atoms with Crippen LogP contribution in [0.4, 0.5) is 18.9 Å². The van der Waals surface area contributed by atoms with Gasteiger partial charge in [-0.2, -0.15) is 13.2 Å². The summed E-state index contributed by atoms with van der Waals surface area (Å²) in [5, 5.41) is 2.60. The zero-order valence-electron chi connectivity index (χ0n) is 15.3. The number of carbonyl (C=O) groups excluding carboxylic acids is 1. The molecule has 0 aliphatic heterocycles. The Labute approximate surface area is 166 Å². The second-order valence-electron chi connectivity index (χ2n) is 6.87. The van der Waals surface area contributed by atoms with Crippen LogP contribution in [0.3, 0.4) is 0 Å². The van der Waals surface area contributed by atoms with Gasteiger partial charge in [0.25, 0.3) is 5.91 Å². The van der Waals surface area contributed by atoms with Crippen molar-refractivity contribution in [3.8, 4) is 5.75 Å². The van der Waals surface area contributed by atoms with E-state index in [1.54, 1.807) is 7.11 Å². The first-order chi connectivity index (χ1) is 13.3. The molecule has 2 N–H and O–H groups in total. The van der Waals surface area contributed by atoms with Gasteiger partial charge in [-0.1, -0.05) is 11.6 Å². The lowest BCUT2D eigenvalue weighted by molar-refractivity contribution is -0.916. The molecule has 3 rings (SSSR count). The quantitative estimate of drug-likeness (QED) is 0.729. The molecule has 0 radical (unpaired) electrons. The summed E-state index contributed by atoms with van der Waals surface area (Å²) in [5.41, 5.74) is 0.186. The van der Waals surface area contributed by atoms with Gasteiger partial charge < -0.3 is 15.0 Å². The lowest BCUT2D eigenvalue weighted by Crippen LogP contribution is -3.13. The standard InChI is InChI=1S/C20H20ClF3N2O2/c1-28-16-7-2-13(3-8-16)11-26(15-5-6-15)12-19(27)25-18-10-14(20(22,23)24)4-9-17(18)21/h2-4,7-10,15H,5-6,11-12H2,1H3,(H,25,27)/p+1. The number of quaternary nitrogens is 1. The van der Waals surface area contributed by atoms with E-state index >= 15 is 0 Å². The van der Waals surface area contributed by atoms with Gasteiger partial charge in [-0.25, -0.2) is 0 Å². The maximum Gasteiger partial charge on any atom is 0.416 e. The molecule has 0 saturated heterocycles. The minimum absolute atomic E-state index is 0.0268. The van der Waals surface area contributed by atoms with Crippen LogP contribution in [-0.4, -0.2) is 25.6 Å². The van der Waals surface area contributed by atoms with Crippen molar-refractivity contribution in [1.82, 2.24) is 0 Å². The molecule has 1 aliphatic carbocycles. The first kappa shape index (κ1) is 20.5. The van der Waals surface area contributed by atoms with Gasteiger partial charge in [0.1, 0.15) is 12.3 Å². The fourth-order valence-electron chi connectivity index (χ4n) is 3.05. The second kappa shape index (κ2) is 8.41. The van der Waals surface area contributed by atoms with Crippen LogP contribution in [0.25, 0.3) is 0 Å². The monoisotopic (exact) mass is 413 g/mol. The summed E-state index contributed by atoms with van der Waals surface area (Å²) in [5.74, 6) is 0.394. The van der Waals surface area contributed by atoms with Crippen molar-refractivity contribution < 1.29 is 27.6 Å². The molecule has 1 amide bonds. The summed E-state index contributed by atoms with van der Waals surface area (Å²) in [6.07, 6.45) is -2.43. The molecule has 1 atom stereocenters. The van der Waals surface area contributed by atoms with Crippen LogP contribution in [0, 0.1) is 0 Å². The van der Waals surface area contributed by atoms with Gasteiger partial charge in [-0.15, -0.1) is 0 Å². The number of hydrogen-bond donors (Lipinski definition) is 2. The Morgan fingerprint density at radius 1 is 1.21 bits per heavy atom. The number of nitrogens with one attached hydrogen (secondary N) is 2. The lowest BCUT2D eigenvalue weighted by atomic mass is 10.2. The number of methoxy groups -OCH3 is 1. The summed E-state index contributed by atoms with van der Waals surface area (Å²) < 4.78 is 43.8. The molecule has 1 saturated carbocycles. The predicted molar refractivity (Wildman–Crippen MR) is 101 cm³/mol. The number of anilines is 1. The van der Waals surface area contributed by atoms with Gasteiger partial charge in [0.15, 0.2) is 6.54 Å². The molecule has 1 unspecified atom stereocenters. The summed E-state index contributed by atoms with van der Waals surface area (Å²) in [6.45, 7) is 0.807. The molecule has 1 aliphatic rings. The number of halogens is 4. The average Bonchev–Trinajstić information content (AvgIpc) is 3.48. The Morgan fingerprint density at radius 2 is 1.89 bits per heavy atom. The number of ether oxygens (including phenoxy) is 1. The van der Waals surface area contributed by atoms with Gasteiger partial charge in [0.2, 0.25) is 0 Å². The third-order valence-corrected chi connectivity index (χ3v) is 5.03. The Hall–Kier alpha value is -2.25. The minimum Gasteiger partial charge on any atom is -0.497 e. The number of amides is 1. The van der Waals surface area contributed by atoms with E-state index in [9.17, 15) is 18.0 Å². The topological polar surface area (TPSA) is 42.8 Å². The third-order valence-electron chi connectivity index (χ3n) is 4.70. The van der Waals surface area contributed by atoms with Crippen LogP contribution in [0.2, 0.25) is 5.02 Å². The van der Waals surface area contributed by atoms with E-state index in [-0.39, 0.29) is 23.2 Å². The molecule has 1 fully saturated rings. The van der Waals surface area contributed by atoms with Crippen molar-refractivity contribution in [2.75, 3.05) is 19.0 Å². The van der Waals surface area contributed by atoms with Crippen molar-refractivity contribution >= 4 is 23.2 Å². The van der Waals surface area contributed by atoms with E-state index in [4.69, 9.17) is 16.3 Å². The lowest BCUT2D eigenvalue weighted by Gasteiger charge is -2.19. The Kier molecular flexibility index (Phi) is 6.15. The first-order valence-electron chi connectivity index (χ1n) is 8.90. The zero-order valence-corrected chi connectivity index (χ0v) is 16.0. The van der Waals surface area contributed by atoms with E-state index in [0.29, 0.717) is 12.6 Å². The van der Waals surface area contributed by atoms with Crippen LogP contribution >= 0.6 is 11.6 Å². The molecule has 0 bridgehead atoms. The number of benzene rings is 2. The zero-order chi connectivity index (χ0) is 20.3. The van der Waals surface area contributed by atoms with E-state index in [0.717, 1.165) is 47.3 Å². The Balaban J connectivity index is 1.66. The van der Waals surface area contributed by atoms with Crippen LogP contribution in [-0.2, 0) is 17.5 Å². The normalized spacial score (nSPS) is 15.2. The summed E-state index contributed by atoms with van der Waals surface area (Å²) >= 11 is 5.96. The highest BCUT2D eigenvalue weighted by Gasteiger charge is 2.35. The van der Waals surface area contributed by atoms with Crippen LogP contribution < -0.4 is 15.0 Å². The summed E-state index contributed by atoms with van der Waals surface area (Å²) in [6, 6.07) is 10.9. The van der Waals surface area contributed by atoms with Crippen molar-refractivity contribution in [2.45, 2.75) is 31.6 Å². The number of alkyl halides is 3. The Morgan fingerprint density at radius 3 is 2.46 bits per heavy atom. The van der Waals surface area contributed by atoms with Crippen molar-refractivity contribution in [1.29, 1.82) is 0 Å². The highest BCUT2D eigenvalue weighted by molar-refractivity contribution is 6.33. The molecule has 150 valence electrons. The highest BCUT2D eigenvalue weighted by Crippen LogP contribution is 2.33. The molecule has 4 nitrogen and oxygen atoms in total. The van der Waals surface area contributed by atoms with Gasteiger partial charge in [-0.3, -0.25) is 4.79 Å². The van der Waals surface area contributed by atoms with Gasteiger partial charge in [-0.05, 0) is 42.5 Å². The van der Waals surface area contributed by atoms with Gasteiger partial charge in [0.05, 0.1) is 29.4 Å². The second-order valence-corrected chi connectivity index (χ2v) is 7.28. The maximum atomic E-state index is 12.9. The number of hydrogen-bond acceptors (Lipinski definition) is 2. The smallest absolute Gasteiger partial charge is 0.416 e. The number of rotatable bonds is 7. The van der Waals surface area contributed by atoms with Crippen molar-refractivity contribution in [3.05, 3.63) is 58.6 Å². The molecule has 2 aromatic rings. The molecule has 0 aromatic heterocycles. The minimum atomic E-state index is -4.50. The van der Waals surface area contributed by atoms with Gasteiger partial charge >= 0.3 is 6.18 Å². The highest BCUT2D eigenvalue weighted by atomic mass is 35.5. The molecule has 28 heavy (non-hydrogen) atoms. The molecule has 8 heteroatoms. The predicted octanol–water partition coefficient (Wildman–Crippen LogP) is 3.55. The Bertz CT molecular complexity index is 836. The number of carbonyl (C=O) groups is 1. The van der Waals surface area contributed by atoms with E-state index in [2.05, 4.69) is 5.32 Å². The van der Waals surface area contributed by atoms with E-state index < -0.39 is 11.7 Å². The third kappa shape index (κ3) is 5.39. The van der Waals surface area contributed by atoms with Crippen LogP contribution in [0.15, 0.2) is 42.5 Å². The fourth-order valence-corrected chi connectivity index (χ4v) is 3.21. The van der Waals surface area contributed by atoms with Gasteiger partial charge in [0, 0.05) is 18.4 Å². The SMILES string of the molecule is COc1ccc(C[NH+](CC(=O)Nc2cc(C(F)(F)F)ccc2Cl)C2CC2)cc1. The molecular formula is C20H21ClF3N2O2+. The molecule has 2 aromatic carbocycles. The van der Waals surface area contributed by atoms with E-state index in [1.165, 1.54) is 0 Å². The largest absolute Gasteiger partial charge is 0.497 e. The van der Waals surface area contributed by atoms with Crippen molar-refractivity contribution in [2.24, 2.45) is 0 Å². The van der Waals surface area contributed by atoms with Crippen molar-refractivity contribution in [3.63, 3.8) is 0 Å². The fraction of sp³-hybridized carbons (Fsp3) is 0.350. The molecular weight excluding hydrogens is 393 g/mol. The molecule has 0 spiro atoms. The average molecular weight is 414 g/mol. The maximum absolute atomic E-state index is 12.9. The summed E-state index contributed by atoms with van der Waals surface area (Å²) in [7, 11) is 1.60. The van der Waals surface area contributed by atoms with Crippen LogP contribution in [0.1, 0.15) is 24.0 Å².